The van der Waals surface area contributed by atoms with Crippen molar-refractivity contribution in [2.24, 2.45) is 17.8 Å². The quantitative estimate of drug-likeness (QED) is 0.155. The van der Waals surface area contributed by atoms with E-state index < -0.39 is 0 Å². The first-order chi connectivity index (χ1) is 18.1. The third kappa shape index (κ3) is 8.97. The van der Waals surface area contributed by atoms with Crippen molar-refractivity contribution >= 4 is 5.69 Å². The number of hydrogen-bond acceptors (Lipinski definition) is 2. The van der Waals surface area contributed by atoms with E-state index in [4.69, 9.17) is 0 Å². The minimum atomic E-state index is -0.338. The minimum absolute atomic E-state index is 0.158. The number of nitro groups is 1. The topological polar surface area (TPSA) is 43.1 Å². The molecule has 2 aliphatic rings. The van der Waals surface area contributed by atoms with Crippen LogP contribution in [-0.4, -0.2) is 4.92 Å². The van der Waals surface area contributed by atoms with Gasteiger partial charge in [0.15, 0.2) is 0 Å². The molecule has 2 saturated carbocycles. The van der Waals surface area contributed by atoms with Crippen LogP contribution in [0.3, 0.4) is 0 Å². The lowest BCUT2D eigenvalue weighted by molar-refractivity contribution is -0.384. The van der Waals surface area contributed by atoms with E-state index >= 15 is 0 Å². The van der Waals surface area contributed by atoms with E-state index in [-0.39, 0.29) is 10.6 Å². The van der Waals surface area contributed by atoms with Crippen LogP contribution >= 0.6 is 0 Å². The Morgan fingerprint density at radius 2 is 1.14 bits per heavy atom. The normalized spacial score (nSPS) is 24.1. The zero-order valence-electron chi connectivity index (χ0n) is 23.2. The van der Waals surface area contributed by atoms with Crippen molar-refractivity contribution in [1.82, 2.24) is 0 Å². The van der Waals surface area contributed by atoms with E-state index in [1.54, 1.807) is 12.1 Å². The largest absolute Gasteiger partial charge is 0.269 e. The number of benzene rings is 2. The van der Waals surface area contributed by atoms with E-state index in [1.807, 2.05) is 12.1 Å². The summed E-state index contributed by atoms with van der Waals surface area (Å²) < 4.78 is 0. The van der Waals surface area contributed by atoms with Gasteiger partial charge >= 0.3 is 0 Å². The molecule has 0 aliphatic heterocycles. The first-order valence-electron chi connectivity index (χ1n) is 15.4. The van der Waals surface area contributed by atoms with E-state index in [2.05, 4.69) is 31.2 Å². The van der Waals surface area contributed by atoms with Gasteiger partial charge in [0.1, 0.15) is 0 Å². The summed E-state index contributed by atoms with van der Waals surface area (Å²) in [5.41, 5.74) is 4.05. The molecular formula is C34H49NO2. The van der Waals surface area contributed by atoms with E-state index in [9.17, 15) is 10.1 Å². The fourth-order valence-corrected chi connectivity index (χ4v) is 6.98. The van der Waals surface area contributed by atoms with E-state index in [0.29, 0.717) is 0 Å². The average Bonchev–Trinajstić information content (AvgIpc) is 2.93. The fraction of sp³-hybridized carbons (Fsp3) is 0.647. The Morgan fingerprint density at radius 1 is 0.649 bits per heavy atom. The summed E-state index contributed by atoms with van der Waals surface area (Å²) in [5.74, 6) is 3.72. The number of nitro benzene ring substituents is 1. The average molecular weight is 504 g/mol. The van der Waals surface area contributed by atoms with Crippen LogP contribution in [0.2, 0.25) is 0 Å². The molecule has 3 nitrogen and oxygen atoms in total. The summed E-state index contributed by atoms with van der Waals surface area (Å²) in [6, 6.07) is 16.1. The lowest BCUT2D eigenvalue weighted by Gasteiger charge is -2.32. The van der Waals surface area contributed by atoms with Crippen LogP contribution in [-0.2, 0) is 6.42 Å². The number of unbranched alkanes of at least 4 members (excludes halogenated alkanes) is 4. The van der Waals surface area contributed by atoms with Crippen LogP contribution in [0.4, 0.5) is 5.69 Å². The molecule has 0 heterocycles. The maximum absolute atomic E-state index is 10.9. The first kappa shape index (κ1) is 27.9. The molecule has 0 atom stereocenters. The summed E-state index contributed by atoms with van der Waals surface area (Å²) in [7, 11) is 0. The van der Waals surface area contributed by atoms with E-state index in [0.717, 1.165) is 35.7 Å². The van der Waals surface area contributed by atoms with Gasteiger partial charge in [-0.25, -0.2) is 0 Å². The van der Waals surface area contributed by atoms with Gasteiger partial charge in [0.25, 0.3) is 5.69 Å². The lowest BCUT2D eigenvalue weighted by Crippen LogP contribution is -2.18. The minimum Gasteiger partial charge on any atom is -0.258 e. The predicted molar refractivity (Wildman–Crippen MR) is 155 cm³/mol. The van der Waals surface area contributed by atoms with Gasteiger partial charge in [-0.3, -0.25) is 10.1 Å². The molecule has 3 heteroatoms. The van der Waals surface area contributed by atoms with Crippen molar-refractivity contribution < 1.29 is 4.92 Å². The van der Waals surface area contributed by atoms with Gasteiger partial charge in [0.05, 0.1) is 4.92 Å². The Kier molecular flexibility index (Phi) is 11.1. The number of nitrogens with zero attached hydrogens (tertiary/aromatic N) is 1. The molecule has 0 unspecified atom stereocenters. The smallest absolute Gasteiger partial charge is 0.258 e. The zero-order chi connectivity index (χ0) is 25.9. The third-order valence-electron chi connectivity index (χ3n) is 9.52. The van der Waals surface area contributed by atoms with Crippen molar-refractivity contribution in [3.8, 4) is 0 Å². The van der Waals surface area contributed by atoms with Crippen LogP contribution in [0.1, 0.15) is 132 Å². The van der Waals surface area contributed by atoms with Gasteiger partial charge < -0.3 is 0 Å². The Hall–Kier alpha value is -2.16. The van der Waals surface area contributed by atoms with Gasteiger partial charge in [0.2, 0.25) is 0 Å². The molecule has 0 amide bonds. The molecule has 2 aliphatic carbocycles. The molecule has 2 aromatic rings. The van der Waals surface area contributed by atoms with Crippen LogP contribution in [0.5, 0.6) is 0 Å². The Bertz CT molecular complexity index is 919. The molecular weight excluding hydrogens is 454 g/mol. The Labute approximate surface area is 225 Å². The molecule has 2 aromatic carbocycles. The summed E-state index contributed by atoms with van der Waals surface area (Å²) >= 11 is 0. The van der Waals surface area contributed by atoms with Crippen LogP contribution in [0, 0.1) is 27.9 Å². The maximum Gasteiger partial charge on any atom is 0.269 e. The first-order valence-corrected chi connectivity index (χ1v) is 15.4. The van der Waals surface area contributed by atoms with Gasteiger partial charge in [-0.2, -0.15) is 0 Å². The molecule has 0 saturated heterocycles. The summed E-state index contributed by atoms with van der Waals surface area (Å²) in [4.78, 5) is 10.5. The number of non-ortho nitro benzene ring substituents is 1. The molecule has 0 spiro atoms. The zero-order valence-corrected chi connectivity index (χ0v) is 23.2. The SMILES string of the molecule is CCCCCCCC1CCC(CCC2CCC(c3ccc(Cc4ccc([N+](=O)[O-])cc4)cc3)CC2)CC1. The second-order valence-electron chi connectivity index (χ2n) is 12.2. The molecule has 0 bridgehead atoms. The van der Waals surface area contributed by atoms with Crippen molar-refractivity contribution in [3.05, 3.63) is 75.3 Å². The van der Waals surface area contributed by atoms with Crippen LogP contribution < -0.4 is 0 Å². The van der Waals surface area contributed by atoms with Gasteiger partial charge in [0, 0.05) is 12.1 Å². The van der Waals surface area contributed by atoms with E-state index in [1.165, 1.54) is 114 Å². The van der Waals surface area contributed by atoms with Crippen LogP contribution in [0.15, 0.2) is 48.5 Å². The standard InChI is InChI=1S/C34H49NO2/c1-2-3-4-5-6-7-27-8-10-28(11-9-27)12-13-29-14-20-32(21-15-29)33-22-16-30(17-23-33)26-31-18-24-34(25-19-31)35(36)37/h16-19,22-25,27-29,32H,2-15,20-21,26H2,1H3. The second-order valence-corrected chi connectivity index (χ2v) is 12.2. The molecule has 4 rings (SSSR count). The highest BCUT2D eigenvalue weighted by atomic mass is 16.6. The van der Waals surface area contributed by atoms with Crippen molar-refractivity contribution in [2.75, 3.05) is 0 Å². The monoisotopic (exact) mass is 503 g/mol. The summed E-state index contributed by atoms with van der Waals surface area (Å²) in [6.07, 6.45) is 23.9. The number of rotatable bonds is 13. The Morgan fingerprint density at radius 3 is 1.68 bits per heavy atom. The van der Waals surface area contributed by atoms with Crippen molar-refractivity contribution in [2.45, 2.75) is 122 Å². The molecule has 202 valence electrons. The van der Waals surface area contributed by atoms with Gasteiger partial charge in [-0.05, 0) is 72.5 Å². The Balaban J connectivity index is 1.11. The highest BCUT2D eigenvalue weighted by Gasteiger charge is 2.25. The van der Waals surface area contributed by atoms with Gasteiger partial charge in [-0.1, -0.05) is 120 Å². The maximum atomic E-state index is 10.9. The number of hydrogen-bond donors (Lipinski definition) is 0. The molecule has 0 radical (unpaired) electrons. The summed E-state index contributed by atoms with van der Waals surface area (Å²) in [5, 5.41) is 10.9. The molecule has 0 N–H and O–H groups in total. The van der Waals surface area contributed by atoms with Crippen LogP contribution in [0.25, 0.3) is 0 Å². The lowest BCUT2D eigenvalue weighted by atomic mass is 9.74. The predicted octanol–water partition coefficient (Wildman–Crippen LogP) is 10.4. The second kappa shape index (κ2) is 14.7. The summed E-state index contributed by atoms with van der Waals surface area (Å²) in [6.45, 7) is 2.31. The van der Waals surface area contributed by atoms with Crippen molar-refractivity contribution in [3.63, 3.8) is 0 Å². The third-order valence-corrected chi connectivity index (χ3v) is 9.52. The van der Waals surface area contributed by atoms with Gasteiger partial charge in [-0.15, -0.1) is 0 Å². The molecule has 37 heavy (non-hydrogen) atoms. The molecule has 0 aromatic heterocycles. The fourth-order valence-electron chi connectivity index (χ4n) is 6.98. The highest BCUT2D eigenvalue weighted by Crippen LogP contribution is 2.40. The highest BCUT2D eigenvalue weighted by molar-refractivity contribution is 5.36. The van der Waals surface area contributed by atoms with Crippen molar-refractivity contribution in [1.29, 1.82) is 0 Å². The molecule has 2 fully saturated rings.